The summed E-state index contributed by atoms with van der Waals surface area (Å²) < 4.78 is 4.96. The van der Waals surface area contributed by atoms with Crippen molar-refractivity contribution in [2.24, 2.45) is 5.92 Å². The van der Waals surface area contributed by atoms with E-state index in [9.17, 15) is 14.4 Å². The van der Waals surface area contributed by atoms with Crippen LogP contribution in [0.15, 0.2) is 48.5 Å². The summed E-state index contributed by atoms with van der Waals surface area (Å²) in [5.74, 6) is -0.932. The summed E-state index contributed by atoms with van der Waals surface area (Å²) in [7, 11) is 0. The van der Waals surface area contributed by atoms with Gasteiger partial charge >= 0.3 is 5.97 Å². The van der Waals surface area contributed by atoms with E-state index < -0.39 is 11.9 Å². The number of hydrogen-bond acceptors (Lipinski definition) is 5. The van der Waals surface area contributed by atoms with Crippen molar-refractivity contribution in [1.29, 1.82) is 0 Å². The summed E-state index contributed by atoms with van der Waals surface area (Å²) in [6.07, 6.45) is 0.117. The largest absolute Gasteiger partial charge is 0.462 e. The minimum absolute atomic E-state index is 0.117. The molecule has 1 atom stereocenters. The van der Waals surface area contributed by atoms with Crippen molar-refractivity contribution in [2.45, 2.75) is 13.3 Å². The molecule has 8 nitrogen and oxygen atoms in total. The molecule has 1 aliphatic rings. The molecule has 0 unspecified atom stereocenters. The zero-order valence-corrected chi connectivity index (χ0v) is 15.8. The molecule has 8 heteroatoms. The predicted molar refractivity (Wildman–Crippen MR) is 108 cm³/mol. The van der Waals surface area contributed by atoms with Gasteiger partial charge in [0.1, 0.15) is 0 Å². The van der Waals surface area contributed by atoms with Crippen LogP contribution in [0.4, 0.5) is 11.6 Å². The van der Waals surface area contributed by atoms with Gasteiger partial charge in [0.25, 0.3) is 0 Å². The Kier molecular flexibility index (Phi) is 4.99. The van der Waals surface area contributed by atoms with Crippen molar-refractivity contribution in [3.63, 3.8) is 0 Å². The molecule has 29 heavy (non-hydrogen) atoms. The third kappa shape index (κ3) is 3.82. The number of carbonyl (C=O) groups is 3. The van der Waals surface area contributed by atoms with Gasteiger partial charge in [0.2, 0.25) is 17.8 Å². The van der Waals surface area contributed by atoms with Crippen LogP contribution < -0.4 is 10.2 Å². The minimum Gasteiger partial charge on any atom is -0.462 e. The van der Waals surface area contributed by atoms with Crippen LogP contribution in [0.1, 0.15) is 23.7 Å². The Morgan fingerprint density at radius 1 is 1.21 bits per heavy atom. The molecule has 1 aromatic heterocycles. The maximum Gasteiger partial charge on any atom is 0.338 e. The van der Waals surface area contributed by atoms with Crippen molar-refractivity contribution in [3.05, 3.63) is 54.1 Å². The van der Waals surface area contributed by atoms with Crippen LogP contribution in [0, 0.1) is 5.92 Å². The Morgan fingerprint density at radius 3 is 2.69 bits per heavy atom. The van der Waals surface area contributed by atoms with Crippen molar-refractivity contribution < 1.29 is 19.1 Å². The van der Waals surface area contributed by atoms with Crippen molar-refractivity contribution in [3.8, 4) is 0 Å². The Balaban J connectivity index is 1.43. The molecule has 1 saturated heterocycles. The number of para-hydroxylation sites is 2. The van der Waals surface area contributed by atoms with E-state index in [4.69, 9.17) is 4.74 Å². The number of amides is 2. The number of nitrogens with one attached hydrogen (secondary N) is 2. The monoisotopic (exact) mass is 392 g/mol. The fraction of sp³-hybridized carbons (Fsp3) is 0.238. The first kappa shape index (κ1) is 18.7. The van der Waals surface area contributed by atoms with Gasteiger partial charge in [-0.2, -0.15) is 0 Å². The lowest BCUT2D eigenvalue weighted by Gasteiger charge is -2.17. The summed E-state index contributed by atoms with van der Waals surface area (Å²) in [6.45, 7) is 2.31. The lowest BCUT2D eigenvalue weighted by atomic mass is 10.1. The van der Waals surface area contributed by atoms with Gasteiger partial charge in [-0.15, -0.1) is 0 Å². The van der Waals surface area contributed by atoms with Crippen LogP contribution in [0.3, 0.4) is 0 Å². The van der Waals surface area contributed by atoms with Gasteiger partial charge in [-0.25, -0.2) is 9.78 Å². The zero-order chi connectivity index (χ0) is 20.4. The molecule has 0 spiro atoms. The zero-order valence-electron chi connectivity index (χ0n) is 15.8. The smallest absolute Gasteiger partial charge is 0.338 e. The van der Waals surface area contributed by atoms with Crippen molar-refractivity contribution in [1.82, 2.24) is 9.97 Å². The Bertz CT molecular complexity index is 1040. The second-order valence-corrected chi connectivity index (χ2v) is 6.76. The third-order valence-electron chi connectivity index (χ3n) is 4.82. The highest BCUT2D eigenvalue weighted by atomic mass is 16.5. The van der Waals surface area contributed by atoms with Crippen LogP contribution in [0.25, 0.3) is 11.0 Å². The van der Waals surface area contributed by atoms with E-state index in [0.717, 1.165) is 11.0 Å². The lowest BCUT2D eigenvalue weighted by Crippen LogP contribution is -2.28. The number of aromatic amines is 1. The van der Waals surface area contributed by atoms with Crippen LogP contribution >= 0.6 is 0 Å². The minimum atomic E-state index is -0.486. The molecule has 2 aromatic carbocycles. The number of nitrogens with zero attached hydrogens (tertiary/aromatic N) is 2. The second kappa shape index (κ2) is 7.75. The quantitative estimate of drug-likeness (QED) is 0.650. The molecular weight excluding hydrogens is 372 g/mol. The first-order valence-electron chi connectivity index (χ1n) is 9.38. The first-order chi connectivity index (χ1) is 14.0. The SMILES string of the molecule is CCOC(=O)c1ccc(N2C[C@@H](C(=O)Nc3nc4ccccc4[nH]3)CC2=O)cc1. The first-order valence-corrected chi connectivity index (χ1v) is 9.38. The Labute approximate surface area is 166 Å². The predicted octanol–water partition coefficient (Wildman–Crippen LogP) is 2.73. The number of rotatable bonds is 5. The summed E-state index contributed by atoms with van der Waals surface area (Å²) in [6, 6.07) is 14.1. The maximum absolute atomic E-state index is 12.6. The van der Waals surface area contributed by atoms with E-state index in [-0.39, 0.29) is 24.8 Å². The van der Waals surface area contributed by atoms with Gasteiger partial charge in [0.05, 0.1) is 29.1 Å². The number of imidazole rings is 1. The van der Waals surface area contributed by atoms with Crippen LogP contribution in [-0.4, -0.2) is 40.9 Å². The van der Waals surface area contributed by atoms with Gasteiger partial charge in [0, 0.05) is 18.7 Å². The number of esters is 1. The van der Waals surface area contributed by atoms with Crippen LogP contribution in [-0.2, 0) is 14.3 Å². The molecule has 2 N–H and O–H groups in total. The third-order valence-corrected chi connectivity index (χ3v) is 4.82. The number of hydrogen-bond donors (Lipinski definition) is 2. The van der Waals surface area contributed by atoms with E-state index in [1.54, 1.807) is 36.1 Å². The highest BCUT2D eigenvalue weighted by molar-refractivity contribution is 6.03. The lowest BCUT2D eigenvalue weighted by molar-refractivity contribution is -0.122. The standard InChI is InChI=1S/C21H20N4O4/c1-2-29-20(28)13-7-9-15(10-8-13)25-12-14(11-18(25)26)19(27)24-21-22-16-5-3-4-6-17(16)23-21/h3-10,14H,2,11-12H2,1H3,(H2,22,23,24,27)/t14-/m0/s1. The molecule has 1 fully saturated rings. The fourth-order valence-corrected chi connectivity index (χ4v) is 3.36. The molecular formula is C21H20N4O4. The van der Waals surface area contributed by atoms with Crippen molar-refractivity contribution in [2.75, 3.05) is 23.4 Å². The topological polar surface area (TPSA) is 104 Å². The van der Waals surface area contributed by atoms with E-state index in [2.05, 4.69) is 15.3 Å². The molecule has 0 bridgehead atoms. The van der Waals surface area contributed by atoms with E-state index >= 15 is 0 Å². The number of anilines is 2. The van der Waals surface area contributed by atoms with Crippen LogP contribution in [0.2, 0.25) is 0 Å². The molecule has 3 aromatic rings. The molecule has 0 saturated carbocycles. The van der Waals surface area contributed by atoms with Crippen LogP contribution in [0.5, 0.6) is 0 Å². The number of carbonyl (C=O) groups excluding carboxylic acids is 3. The summed E-state index contributed by atoms with van der Waals surface area (Å²) >= 11 is 0. The molecule has 0 radical (unpaired) electrons. The molecule has 0 aliphatic carbocycles. The summed E-state index contributed by atoms with van der Waals surface area (Å²) in [5, 5.41) is 2.76. The highest BCUT2D eigenvalue weighted by Crippen LogP contribution is 2.26. The van der Waals surface area contributed by atoms with E-state index in [1.807, 2.05) is 24.3 Å². The van der Waals surface area contributed by atoms with Crippen molar-refractivity contribution >= 4 is 40.5 Å². The molecule has 4 rings (SSSR count). The molecule has 2 heterocycles. The average molecular weight is 392 g/mol. The Morgan fingerprint density at radius 2 is 1.97 bits per heavy atom. The van der Waals surface area contributed by atoms with Gasteiger partial charge in [-0.1, -0.05) is 12.1 Å². The number of H-pyrrole nitrogens is 1. The number of ether oxygens (including phenoxy) is 1. The number of fused-ring (bicyclic) bond motifs is 1. The van der Waals surface area contributed by atoms with E-state index in [1.165, 1.54) is 0 Å². The van der Waals surface area contributed by atoms with E-state index in [0.29, 0.717) is 23.8 Å². The molecule has 2 amide bonds. The normalized spacial score (nSPS) is 16.2. The maximum atomic E-state index is 12.6. The van der Waals surface area contributed by atoms with Gasteiger partial charge in [0.15, 0.2) is 0 Å². The average Bonchev–Trinajstić information content (AvgIpc) is 3.31. The second-order valence-electron chi connectivity index (χ2n) is 6.76. The van der Waals surface area contributed by atoms with Gasteiger partial charge in [-0.3, -0.25) is 14.9 Å². The molecule has 1 aliphatic heterocycles. The van der Waals surface area contributed by atoms with Gasteiger partial charge < -0.3 is 14.6 Å². The fourth-order valence-electron chi connectivity index (χ4n) is 3.36. The number of aromatic nitrogens is 2. The highest BCUT2D eigenvalue weighted by Gasteiger charge is 2.35. The Hall–Kier alpha value is -3.68. The van der Waals surface area contributed by atoms with Gasteiger partial charge in [-0.05, 0) is 43.3 Å². The number of benzene rings is 2. The summed E-state index contributed by atoms with van der Waals surface area (Å²) in [4.78, 5) is 45.7. The summed E-state index contributed by atoms with van der Waals surface area (Å²) in [5.41, 5.74) is 2.64. The molecule has 148 valence electrons.